The number of hydrogen-bond acceptors (Lipinski definition) is 6. The molecule has 0 saturated carbocycles. The Kier molecular flexibility index (Phi) is 3.22. The number of rotatable bonds is 2. The fourth-order valence-corrected chi connectivity index (χ4v) is 2.75. The van der Waals surface area contributed by atoms with Gasteiger partial charge in [0.1, 0.15) is 18.3 Å². The van der Waals surface area contributed by atoms with E-state index in [4.69, 9.17) is 19.9 Å². The summed E-state index contributed by atoms with van der Waals surface area (Å²) in [5.41, 5.74) is 5.61. The lowest BCUT2D eigenvalue weighted by molar-refractivity contribution is -0.201. The predicted octanol–water partition coefficient (Wildman–Crippen LogP) is -0.953. The second-order valence-electron chi connectivity index (χ2n) is 5.54. The molecule has 2 amide bonds. The zero-order valence-electron chi connectivity index (χ0n) is 11.4. The summed E-state index contributed by atoms with van der Waals surface area (Å²) in [5, 5.41) is 12.0. The fraction of sp³-hybridized carbons (Fsp3) is 0.750. The second kappa shape index (κ2) is 4.68. The second-order valence-corrected chi connectivity index (χ2v) is 5.54. The number of carbonyl (C=O) groups excluding carboxylic acids is 1. The molecule has 3 rings (SSSR count). The fourth-order valence-electron chi connectivity index (χ4n) is 2.75. The van der Waals surface area contributed by atoms with Gasteiger partial charge in [0.25, 0.3) is 0 Å². The number of aliphatic hydroxyl groups excluding tert-OH is 1. The third-order valence-electron chi connectivity index (χ3n) is 3.56. The topological polar surface area (TPSA) is 106 Å². The molecule has 5 atom stereocenters. The van der Waals surface area contributed by atoms with E-state index in [2.05, 4.69) is 5.32 Å². The summed E-state index contributed by atoms with van der Waals surface area (Å²) in [6, 6.07) is -0.365. The maximum Gasteiger partial charge on any atom is 0.325 e. The number of aliphatic hydroxyl groups is 1. The van der Waals surface area contributed by atoms with Gasteiger partial charge in [0, 0.05) is 6.20 Å². The van der Waals surface area contributed by atoms with Crippen molar-refractivity contribution in [2.75, 3.05) is 6.61 Å². The van der Waals surface area contributed by atoms with E-state index >= 15 is 0 Å². The van der Waals surface area contributed by atoms with E-state index in [9.17, 15) is 9.90 Å². The Bertz CT molecular complexity index is 441. The lowest BCUT2D eigenvalue weighted by atomic mass is 10.1. The first-order valence-electron chi connectivity index (χ1n) is 6.56. The predicted molar refractivity (Wildman–Crippen MR) is 67.1 cm³/mol. The van der Waals surface area contributed by atoms with Crippen molar-refractivity contribution in [2.24, 2.45) is 5.73 Å². The highest BCUT2D eigenvalue weighted by molar-refractivity contribution is 5.77. The van der Waals surface area contributed by atoms with E-state index in [0.29, 0.717) is 0 Å². The highest BCUT2D eigenvalue weighted by atomic mass is 16.8. The molecule has 0 bridgehead atoms. The molecule has 3 aliphatic rings. The molecule has 4 N–H and O–H groups in total. The van der Waals surface area contributed by atoms with Crippen LogP contribution in [0.3, 0.4) is 0 Å². The Hall–Kier alpha value is -1.19. The van der Waals surface area contributed by atoms with E-state index in [0.717, 1.165) is 0 Å². The van der Waals surface area contributed by atoms with E-state index in [1.54, 1.807) is 26.1 Å². The monoisotopic (exact) mass is 285 g/mol. The van der Waals surface area contributed by atoms with Gasteiger partial charge < -0.3 is 30.4 Å². The van der Waals surface area contributed by atoms with Crippen LogP contribution in [0, 0.1) is 0 Å². The molecule has 0 aromatic carbocycles. The van der Waals surface area contributed by atoms with Crippen molar-refractivity contribution in [3.63, 3.8) is 0 Å². The number of nitrogens with zero attached hydrogens (tertiary/aromatic N) is 1. The highest BCUT2D eigenvalue weighted by Gasteiger charge is 2.57. The van der Waals surface area contributed by atoms with Gasteiger partial charge in [-0.1, -0.05) is 0 Å². The molecule has 3 aliphatic heterocycles. The molecule has 1 unspecified atom stereocenters. The highest BCUT2D eigenvalue weighted by Crippen LogP contribution is 2.39. The number of carbonyl (C=O) groups is 1. The van der Waals surface area contributed by atoms with Crippen LogP contribution in [0.5, 0.6) is 0 Å². The van der Waals surface area contributed by atoms with Crippen molar-refractivity contribution in [3.8, 4) is 0 Å². The third kappa shape index (κ3) is 2.19. The normalized spacial score (nSPS) is 42.7. The van der Waals surface area contributed by atoms with Crippen LogP contribution in [0.1, 0.15) is 13.8 Å². The van der Waals surface area contributed by atoms with Gasteiger partial charge in [-0.3, -0.25) is 4.90 Å². The summed E-state index contributed by atoms with van der Waals surface area (Å²) in [7, 11) is 0. The van der Waals surface area contributed by atoms with Crippen LogP contribution in [0.2, 0.25) is 0 Å². The molecule has 20 heavy (non-hydrogen) atoms. The average Bonchev–Trinajstić information content (AvgIpc) is 2.83. The van der Waals surface area contributed by atoms with E-state index in [1.165, 1.54) is 4.90 Å². The van der Waals surface area contributed by atoms with Crippen LogP contribution in [-0.2, 0) is 14.2 Å². The molecule has 3 heterocycles. The van der Waals surface area contributed by atoms with Gasteiger partial charge in [-0.15, -0.1) is 0 Å². The van der Waals surface area contributed by atoms with Gasteiger partial charge in [0.15, 0.2) is 12.0 Å². The summed E-state index contributed by atoms with van der Waals surface area (Å²) in [6.45, 7) is 3.38. The summed E-state index contributed by atoms with van der Waals surface area (Å²) in [4.78, 5) is 13.4. The lowest BCUT2D eigenvalue weighted by Gasteiger charge is -2.33. The van der Waals surface area contributed by atoms with Crippen LogP contribution < -0.4 is 11.1 Å². The van der Waals surface area contributed by atoms with Gasteiger partial charge in [-0.25, -0.2) is 4.79 Å². The summed E-state index contributed by atoms with van der Waals surface area (Å²) in [6.07, 6.45) is 0.670. The Balaban J connectivity index is 1.83. The van der Waals surface area contributed by atoms with Gasteiger partial charge in [-0.05, 0) is 19.9 Å². The molecule has 112 valence electrons. The molecule has 0 aromatic heterocycles. The lowest BCUT2D eigenvalue weighted by Crippen LogP contribution is -2.55. The van der Waals surface area contributed by atoms with E-state index in [-0.39, 0.29) is 12.6 Å². The molecule has 0 radical (unpaired) electrons. The average molecular weight is 285 g/mol. The Morgan fingerprint density at radius 1 is 1.45 bits per heavy atom. The molecule has 2 saturated heterocycles. The van der Waals surface area contributed by atoms with Crippen LogP contribution in [0.15, 0.2) is 12.3 Å². The molecule has 0 aromatic rings. The minimum absolute atomic E-state index is 0.199. The first kappa shape index (κ1) is 13.8. The minimum atomic E-state index is -0.767. The molecule has 0 spiro atoms. The summed E-state index contributed by atoms with van der Waals surface area (Å²) >= 11 is 0. The van der Waals surface area contributed by atoms with Gasteiger partial charge in [0.05, 0.1) is 12.8 Å². The van der Waals surface area contributed by atoms with Gasteiger partial charge in [-0.2, -0.15) is 0 Å². The number of urea groups is 1. The first-order chi connectivity index (χ1) is 9.41. The number of hydrogen-bond donors (Lipinski definition) is 3. The molecule has 8 nitrogen and oxygen atoms in total. The zero-order valence-corrected chi connectivity index (χ0v) is 11.4. The van der Waals surface area contributed by atoms with E-state index in [1.807, 2.05) is 0 Å². The molecular formula is C12H19N3O5. The van der Waals surface area contributed by atoms with Crippen LogP contribution in [-0.4, -0.2) is 59.1 Å². The minimum Gasteiger partial charge on any atom is -0.394 e. The molecule has 8 heteroatoms. The molecule has 0 aliphatic carbocycles. The third-order valence-corrected chi connectivity index (χ3v) is 3.56. The SMILES string of the molecule is CC1(C)O[C@@H]2[C@H](O1)[C@@H](CO)O[C@H]2N1C=CC(N)NC1=O. The van der Waals surface area contributed by atoms with Crippen molar-refractivity contribution in [3.05, 3.63) is 12.3 Å². The maximum atomic E-state index is 12.0. The standard InChI is InChI=1S/C12H19N3O5/c1-12(2)19-8-6(5-16)18-10(9(8)20-12)15-4-3-7(13)14-11(15)17/h3-4,6-10,16H,5,13H2,1-2H3,(H,14,17)/t6-,7?,8-,9-,10-/m1/s1. The van der Waals surface area contributed by atoms with Crippen molar-refractivity contribution in [2.45, 2.75) is 50.3 Å². The first-order valence-corrected chi connectivity index (χ1v) is 6.56. The zero-order chi connectivity index (χ0) is 14.5. The quantitative estimate of drug-likeness (QED) is 0.604. The summed E-state index contributed by atoms with van der Waals surface area (Å²) in [5.74, 6) is -0.767. The number of ether oxygens (including phenoxy) is 3. The Morgan fingerprint density at radius 2 is 2.15 bits per heavy atom. The largest absolute Gasteiger partial charge is 0.394 e. The number of fused-ring (bicyclic) bond motifs is 1. The van der Waals surface area contributed by atoms with E-state index < -0.39 is 36.5 Å². The van der Waals surface area contributed by atoms with Gasteiger partial charge in [0.2, 0.25) is 0 Å². The number of nitrogens with two attached hydrogens (primary N) is 1. The maximum absolute atomic E-state index is 12.0. The summed E-state index contributed by atoms with van der Waals surface area (Å²) < 4.78 is 17.2. The Morgan fingerprint density at radius 3 is 2.80 bits per heavy atom. The van der Waals surface area contributed by atoms with Crippen molar-refractivity contribution in [1.29, 1.82) is 0 Å². The smallest absolute Gasteiger partial charge is 0.325 e. The van der Waals surface area contributed by atoms with Gasteiger partial charge >= 0.3 is 6.03 Å². The number of amides is 2. The van der Waals surface area contributed by atoms with Crippen LogP contribution in [0.25, 0.3) is 0 Å². The molecular weight excluding hydrogens is 266 g/mol. The van der Waals surface area contributed by atoms with Crippen molar-refractivity contribution in [1.82, 2.24) is 10.2 Å². The Labute approximate surface area is 116 Å². The van der Waals surface area contributed by atoms with Crippen molar-refractivity contribution < 1.29 is 24.1 Å². The molecule has 2 fully saturated rings. The van der Waals surface area contributed by atoms with Crippen LogP contribution >= 0.6 is 0 Å². The number of nitrogens with one attached hydrogen (secondary N) is 1. The van der Waals surface area contributed by atoms with Crippen molar-refractivity contribution >= 4 is 6.03 Å². The van der Waals surface area contributed by atoms with Crippen LogP contribution in [0.4, 0.5) is 4.79 Å².